The van der Waals surface area contributed by atoms with E-state index in [4.69, 9.17) is 9.15 Å². The maximum atomic E-state index is 10.6. The molecule has 65 valence electrons. The minimum absolute atomic E-state index is 0.234. The number of esters is 1. The van der Waals surface area contributed by atoms with Gasteiger partial charge >= 0.3 is 12.4 Å². The van der Waals surface area contributed by atoms with Gasteiger partial charge in [-0.1, -0.05) is 0 Å². The van der Waals surface area contributed by atoms with Crippen LogP contribution in [0.25, 0.3) is 0 Å². The lowest BCUT2D eigenvalue weighted by Gasteiger charge is -2.19. The van der Waals surface area contributed by atoms with Crippen LogP contribution in [0.1, 0.15) is 26.7 Å². The molecule has 0 fully saturated rings. The first-order chi connectivity index (χ1) is 5.52. The molecule has 0 aromatic carbocycles. The first kappa shape index (κ1) is 8.70. The largest absolute Gasteiger partial charge is 0.450 e. The van der Waals surface area contributed by atoms with Crippen molar-refractivity contribution in [1.82, 2.24) is 10.2 Å². The molecule has 0 amide bonds. The number of rotatable bonds is 2. The smallest absolute Gasteiger partial charge is 0.306 e. The summed E-state index contributed by atoms with van der Waals surface area (Å²) >= 11 is 0. The molecule has 0 saturated carbocycles. The predicted octanol–water partition coefficient (Wildman–Crippen LogP) is 0.668. The van der Waals surface area contributed by atoms with Crippen LogP contribution in [0.15, 0.2) is 4.42 Å². The summed E-state index contributed by atoms with van der Waals surface area (Å²) in [6, 6.07) is 0. The molecule has 0 saturated heterocycles. The minimum Gasteiger partial charge on any atom is -0.450 e. The van der Waals surface area contributed by atoms with Crippen LogP contribution in [-0.4, -0.2) is 16.2 Å². The quantitative estimate of drug-likeness (QED) is 0.608. The molecule has 0 aliphatic carbocycles. The summed E-state index contributed by atoms with van der Waals surface area (Å²) in [7, 11) is 0. The zero-order valence-electron chi connectivity index (χ0n) is 7.12. The number of nitrogens with zero attached hydrogens (tertiary/aromatic N) is 2. The van der Waals surface area contributed by atoms with Crippen molar-refractivity contribution in [2.75, 3.05) is 0 Å². The van der Waals surface area contributed by atoms with E-state index in [0.29, 0.717) is 0 Å². The molecule has 1 radical (unpaired) electrons. The van der Waals surface area contributed by atoms with E-state index in [9.17, 15) is 4.79 Å². The fourth-order valence-corrected chi connectivity index (χ4v) is 0.796. The van der Waals surface area contributed by atoms with Crippen molar-refractivity contribution in [3.63, 3.8) is 0 Å². The zero-order chi connectivity index (χ0) is 9.19. The van der Waals surface area contributed by atoms with Crippen molar-refractivity contribution in [3.8, 4) is 0 Å². The molecule has 0 aliphatic rings. The SMILES string of the molecule is CC(=O)OC(C)(C)c1nn[c]o1. The summed E-state index contributed by atoms with van der Waals surface area (Å²) in [5.74, 6) is -0.157. The fourth-order valence-electron chi connectivity index (χ4n) is 0.796. The van der Waals surface area contributed by atoms with Crippen LogP contribution >= 0.6 is 0 Å². The third kappa shape index (κ3) is 1.81. The van der Waals surface area contributed by atoms with Crippen LogP contribution in [0.3, 0.4) is 0 Å². The van der Waals surface area contributed by atoms with Crippen molar-refractivity contribution in [2.24, 2.45) is 0 Å². The number of carbonyl (C=O) groups excluding carboxylic acids is 1. The summed E-state index contributed by atoms with van der Waals surface area (Å²) in [6.07, 6.45) is 2.18. The van der Waals surface area contributed by atoms with Gasteiger partial charge in [0.2, 0.25) is 0 Å². The highest BCUT2D eigenvalue weighted by molar-refractivity contribution is 5.66. The van der Waals surface area contributed by atoms with Crippen LogP contribution in [0, 0.1) is 6.39 Å². The van der Waals surface area contributed by atoms with E-state index in [-0.39, 0.29) is 5.89 Å². The van der Waals surface area contributed by atoms with E-state index >= 15 is 0 Å². The van der Waals surface area contributed by atoms with Gasteiger partial charge in [-0.05, 0) is 13.8 Å². The molecule has 5 heteroatoms. The van der Waals surface area contributed by atoms with Gasteiger partial charge in [0.25, 0.3) is 5.89 Å². The zero-order valence-corrected chi connectivity index (χ0v) is 7.12. The second-order valence-corrected chi connectivity index (χ2v) is 2.80. The Morgan fingerprint density at radius 1 is 1.67 bits per heavy atom. The van der Waals surface area contributed by atoms with Gasteiger partial charge in [0.05, 0.1) is 0 Å². The first-order valence-electron chi connectivity index (χ1n) is 3.42. The highest BCUT2D eigenvalue weighted by Crippen LogP contribution is 2.21. The van der Waals surface area contributed by atoms with E-state index in [1.165, 1.54) is 6.92 Å². The molecule has 1 aromatic heterocycles. The summed E-state index contributed by atoms with van der Waals surface area (Å²) in [5, 5.41) is 6.95. The van der Waals surface area contributed by atoms with Gasteiger partial charge in [-0.2, -0.15) is 0 Å². The topological polar surface area (TPSA) is 65.2 Å². The van der Waals surface area contributed by atoms with Crippen LogP contribution in [-0.2, 0) is 15.1 Å². The van der Waals surface area contributed by atoms with E-state index in [1.807, 2.05) is 0 Å². The normalized spacial score (nSPS) is 11.2. The lowest BCUT2D eigenvalue weighted by atomic mass is 10.1. The number of aromatic nitrogens is 2. The molecule has 0 N–H and O–H groups in total. The van der Waals surface area contributed by atoms with Crippen LogP contribution in [0.4, 0.5) is 0 Å². The van der Waals surface area contributed by atoms with Gasteiger partial charge in [-0.25, -0.2) is 0 Å². The van der Waals surface area contributed by atoms with Gasteiger partial charge in [-0.15, -0.1) is 10.2 Å². The first-order valence-corrected chi connectivity index (χ1v) is 3.42. The Morgan fingerprint density at radius 2 is 2.33 bits per heavy atom. The summed E-state index contributed by atoms with van der Waals surface area (Å²) < 4.78 is 9.70. The highest BCUT2D eigenvalue weighted by atomic mass is 16.6. The number of hydrogen-bond donors (Lipinski definition) is 0. The van der Waals surface area contributed by atoms with Crippen molar-refractivity contribution in [2.45, 2.75) is 26.4 Å². The Morgan fingerprint density at radius 3 is 2.75 bits per heavy atom. The maximum absolute atomic E-state index is 10.6. The van der Waals surface area contributed by atoms with Crippen molar-refractivity contribution in [3.05, 3.63) is 12.3 Å². The van der Waals surface area contributed by atoms with Crippen molar-refractivity contribution >= 4 is 5.97 Å². The van der Waals surface area contributed by atoms with Gasteiger partial charge in [-0.3, -0.25) is 4.79 Å². The molecule has 1 aromatic rings. The molecule has 5 nitrogen and oxygen atoms in total. The number of hydrogen-bond acceptors (Lipinski definition) is 5. The number of carbonyl (C=O) groups is 1. The molecule has 0 bridgehead atoms. The fraction of sp³-hybridized carbons (Fsp3) is 0.571. The summed E-state index contributed by atoms with van der Waals surface area (Å²) in [6.45, 7) is 4.65. The molecule has 0 aliphatic heterocycles. The lowest BCUT2D eigenvalue weighted by molar-refractivity contribution is -0.156. The van der Waals surface area contributed by atoms with Crippen molar-refractivity contribution < 1.29 is 13.9 Å². The Labute approximate surface area is 69.7 Å². The van der Waals surface area contributed by atoms with Gasteiger partial charge in [0, 0.05) is 6.92 Å². The van der Waals surface area contributed by atoms with Gasteiger partial charge in [0.15, 0.2) is 5.60 Å². The van der Waals surface area contributed by atoms with E-state index < -0.39 is 11.6 Å². The van der Waals surface area contributed by atoms with Gasteiger partial charge in [0.1, 0.15) is 0 Å². The Bertz CT molecular complexity index is 266. The summed E-state index contributed by atoms with van der Waals surface area (Å²) in [5.41, 5.74) is -0.876. The third-order valence-electron chi connectivity index (χ3n) is 1.24. The van der Waals surface area contributed by atoms with E-state index in [2.05, 4.69) is 16.6 Å². The second kappa shape index (κ2) is 2.92. The Kier molecular flexibility index (Phi) is 2.12. The Balaban J connectivity index is 2.79. The highest BCUT2D eigenvalue weighted by Gasteiger charge is 2.29. The van der Waals surface area contributed by atoms with Crippen LogP contribution in [0.5, 0.6) is 0 Å². The second-order valence-electron chi connectivity index (χ2n) is 2.80. The van der Waals surface area contributed by atoms with Gasteiger partial charge < -0.3 is 9.15 Å². The third-order valence-corrected chi connectivity index (χ3v) is 1.24. The van der Waals surface area contributed by atoms with Crippen molar-refractivity contribution in [1.29, 1.82) is 0 Å². The molecule has 0 unspecified atom stereocenters. The minimum atomic E-state index is -0.876. The molecule has 12 heavy (non-hydrogen) atoms. The molecule has 0 spiro atoms. The lowest BCUT2D eigenvalue weighted by Crippen LogP contribution is -2.24. The standard InChI is InChI=1S/C7H9N2O3/c1-5(10)12-7(2,3)6-9-8-4-11-6/h1-3H3. The predicted molar refractivity (Wildman–Crippen MR) is 37.9 cm³/mol. The molecule has 0 atom stereocenters. The average molecular weight is 169 g/mol. The van der Waals surface area contributed by atoms with E-state index in [0.717, 1.165) is 0 Å². The molecular weight excluding hydrogens is 160 g/mol. The average Bonchev–Trinajstić information content (AvgIpc) is 2.32. The monoisotopic (exact) mass is 169 g/mol. The molecule has 1 heterocycles. The molecule has 1 rings (SSSR count). The van der Waals surface area contributed by atoms with Crippen LogP contribution < -0.4 is 0 Å². The maximum Gasteiger partial charge on any atom is 0.306 e. The number of ether oxygens (including phenoxy) is 1. The Hall–Kier alpha value is -1.39. The summed E-state index contributed by atoms with van der Waals surface area (Å²) in [4.78, 5) is 10.6. The molecular formula is C7H9N2O3. The van der Waals surface area contributed by atoms with E-state index in [1.54, 1.807) is 13.8 Å². The van der Waals surface area contributed by atoms with Crippen LogP contribution in [0.2, 0.25) is 0 Å².